The molecule has 0 unspecified atom stereocenters. The highest BCUT2D eigenvalue weighted by Crippen LogP contribution is 2.21. The second-order valence-corrected chi connectivity index (χ2v) is 4.28. The van der Waals surface area contributed by atoms with Gasteiger partial charge in [-0.1, -0.05) is 30.3 Å². The van der Waals surface area contributed by atoms with E-state index in [9.17, 15) is 5.11 Å². The van der Waals surface area contributed by atoms with E-state index in [1.807, 2.05) is 60.7 Å². The van der Waals surface area contributed by atoms with Crippen molar-refractivity contribution in [2.75, 3.05) is 0 Å². The minimum absolute atomic E-state index is 0.155. The van der Waals surface area contributed by atoms with Crippen LogP contribution in [-0.4, -0.2) is 11.2 Å². The number of nitriles is 1. The van der Waals surface area contributed by atoms with Crippen LogP contribution in [0.2, 0.25) is 0 Å². The number of hydrogen-bond acceptors (Lipinski definition) is 3. The Hall–Kier alpha value is -2.31. The fourth-order valence-corrected chi connectivity index (χ4v) is 1.77. The van der Waals surface area contributed by atoms with Crippen molar-refractivity contribution in [1.29, 1.82) is 5.26 Å². The Morgan fingerprint density at radius 3 is 2.26 bits per heavy atom. The first-order valence-corrected chi connectivity index (χ1v) is 6.15. The van der Waals surface area contributed by atoms with Crippen molar-refractivity contribution in [1.82, 2.24) is 0 Å². The number of aliphatic hydroxyl groups is 1. The first-order chi connectivity index (χ1) is 9.28. The maximum Gasteiger partial charge on any atom is 0.127 e. The summed E-state index contributed by atoms with van der Waals surface area (Å²) < 4.78 is 5.67. The van der Waals surface area contributed by atoms with Crippen LogP contribution in [-0.2, 0) is 6.42 Å². The number of rotatable bonds is 5. The summed E-state index contributed by atoms with van der Waals surface area (Å²) in [5, 5.41) is 18.0. The zero-order valence-corrected chi connectivity index (χ0v) is 10.5. The molecule has 3 nitrogen and oxygen atoms in total. The average Bonchev–Trinajstić information content (AvgIpc) is 2.42. The van der Waals surface area contributed by atoms with Crippen molar-refractivity contribution < 1.29 is 9.84 Å². The molecule has 1 atom stereocenters. The van der Waals surface area contributed by atoms with Crippen molar-refractivity contribution in [3.05, 3.63) is 60.2 Å². The lowest BCUT2D eigenvalue weighted by atomic mass is 10.1. The second-order valence-electron chi connectivity index (χ2n) is 4.28. The lowest BCUT2D eigenvalue weighted by molar-refractivity contribution is 0.180. The highest BCUT2D eigenvalue weighted by molar-refractivity contribution is 5.33. The minimum atomic E-state index is -0.606. The maximum absolute atomic E-state index is 9.55. The third-order valence-electron chi connectivity index (χ3n) is 2.70. The zero-order valence-electron chi connectivity index (χ0n) is 10.5. The third-order valence-corrected chi connectivity index (χ3v) is 2.70. The van der Waals surface area contributed by atoms with Crippen LogP contribution in [0.5, 0.6) is 11.5 Å². The monoisotopic (exact) mass is 253 g/mol. The van der Waals surface area contributed by atoms with Gasteiger partial charge in [0, 0.05) is 0 Å². The predicted octanol–water partition coefficient (Wildman–Crippen LogP) is 3.30. The normalized spacial score (nSPS) is 11.6. The highest BCUT2D eigenvalue weighted by atomic mass is 16.5. The Morgan fingerprint density at radius 1 is 1.00 bits per heavy atom. The Balaban J connectivity index is 1.97. The number of aliphatic hydroxyl groups excluding tert-OH is 1. The molecular weight excluding hydrogens is 238 g/mol. The predicted molar refractivity (Wildman–Crippen MR) is 72.9 cm³/mol. The molecule has 0 radical (unpaired) electrons. The van der Waals surface area contributed by atoms with Gasteiger partial charge in [-0.3, -0.25) is 0 Å². The molecule has 1 N–H and O–H groups in total. The van der Waals surface area contributed by atoms with Crippen molar-refractivity contribution in [3.8, 4) is 17.6 Å². The van der Waals surface area contributed by atoms with Crippen LogP contribution in [0.15, 0.2) is 54.6 Å². The Labute approximate surface area is 112 Å². The number of hydrogen-bond donors (Lipinski definition) is 1. The Kier molecular flexibility index (Phi) is 4.54. The summed E-state index contributed by atoms with van der Waals surface area (Å²) in [6.07, 6.45) is 0.0347. The van der Waals surface area contributed by atoms with E-state index in [-0.39, 0.29) is 6.42 Å². The first-order valence-electron chi connectivity index (χ1n) is 6.15. The first kappa shape index (κ1) is 13.1. The van der Waals surface area contributed by atoms with Crippen LogP contribution in [0, 0.1) is 11.3 Å². The summed E-state index contributed by atoms with van der Waals surface area (Å²) in [6, 6.07) is 19.0. The molecule has 0 saturated carbocycles. The molecule has 3 heteroatoms. The molecule has 0 aliphatic heterocycles. The van der Waals surface area contributed by atoms with Gasteiger partial charge in [0.2, 0.25) is 0 Å². The lowest BCUT2D eigenvalue weighted by Gasteiger charge is -2.08. The van der Waals surface area contributed by atoms with Crippen LogP contribution < -0.4 is 4.74 Å². The molecule has 0 bridgehead atoms. The van der Waals surface area contributed by atoms with E-state index in [2.05, 4.69) is 0 Å². The van der Waals surface area contributed by atoms with Gasteiger partial charge in [-0.25, -0.2) is 0 Å². The number of ether oxygens (including phenoxy) is 1. The smallest absolute Gasteiger partial charge is 0.127 e. The fourth-order valence-electron chi connectivity index (χ4n) is 1.77. The topological polar surface area (TPSA) is 53.2 Å². The Bertz CT molecular complexity index is 543. The molecule has 2 aromatic carbocycles. The molecular formula is C16H15NO2. The molecule has 0 aromatic heterocycles. The van der Waals surface area contributed by atoms with E-state index < -0.39 is 6.10 Å². The molecule has 96 valence electrons. The average molecular weight is 253 g/mol. The summed E-state index contributed by atoms with van der Waals surface area (Å²) >= 11 is 0. The summed E-state index contributed by atoms with van der Waals surface area (Å²) in [5.74, 6) is 1.55. The quantitative estimate of drug-likeness (QED) is 0.889. The largest absolute Gasteiger partial charge is 0.457 e. The van der Waals surface area contributed by atoms with Gasteiger partial charge in [0.15, 0.2) is 0 Å². The van der Waals surface area contributed by atoms with Crippen LogP contribution in [0.1, 0.15) is 12.0 Å². The molecule has 0 aliphatic rings. The molecule has 2 aromatic rings. The van der Waals surface area contributed by atoms with Gasteiger partial charge in [0.1, 0.15) is 11.5 Å². The van der Waals surface area contributed by atoms with Gasteiger partial charge in [0.05, 0.1) is 18.6 Å². The van der Waals surface area contributed by atoms with Crippen molar-refractivity contribution in [3.63, 3.8) is 0 Å². The molecule has 0 aliphatic carbocycles. The molecule has 0 spiro atoms. The van der Waals surface area contributed by atoms with E-state index in [1.165, 1.54) is 0 Å². The fraction of sp³-hybridized carbons (Fsp3) is 0.188. The summed E-state index contributed by atoms with van der Waals surface area (Å²) in [6.45, 7) is 0. The maximum atomic E-state index is 9.55. The number of nitrogens with zero attached hydrogens (tertiary/aromatic N) is 1. The van der Waals surface area contributed by atoms with Gasteiger partial charge in [-0.15, -0.1) is 0 Å². The highest BCUT2D eigenvalue weighted by Gasteiger charge is 2.05. The summed E-state index contributed by atoms with van der Waals surface area (Å²) in [4.78, 5) is 0. The third kappa shape index (κ3) is 4.13. The van der Waals surface area contributed by atoms with E-state index in [1.54, 1.807) is 0 Å². The van der Waals surface area contributed by atoms with Gasteiger partial charge in [-0.05, 0) is 36.2 Å². The van der Waals surface area contributed by atoms with Crippen LogP contribution in [0.25, 0.3) is 0 Å². The van der Waals surface area contributed by atoms with Crippen LogP contribution in [0.3, 0.4) is 0 Å². The molecule has 0 fully saturated rings. The van der Waals surface area contributed by atoms with Gasteiger partial charge in [0.25, 0.3) is 0 Å². The van der Waals surface area contributed by atoms with Crippen LogP contribution >= 0.6 is 0 Å². The minimum Gasteiger partial charge on any atom is -0.457 e. The summed E-state index contributed by atoms with van der Waals surface area (Å²) in [5.41, 5.74) is 0.989. The van der Waals surface area contributed by atoms with Crippen LogP contribution in [0.4, 0.5) is 0 Å². The SMILES string of the molecule is N#CC[C@@H](O)Cc1ccc(Oc2ccccc2)cc1. The van der Waals surface area contributed by atoms with Crippen molar-refractivity contribution >= 4 is 0 Å². The van der Waals surface area contributed by atoms with E-state index >= 15 is 0 Å². The number of benzene rings is 2. The number of para-hydroxylation sites is 1. The van der Waals surface area contributed by atoms with Crippen molar-refractivity contribution in [2.45, 2.75) is 18.9 Å². The second kappa shape index (κ2) is 6.58. The van der Waals surface area contributed by atoms with Gasteiger partial charge < -0.3 is 9.84 Å². The molecule has 0 saturated heterocycles. The van der Waals surface area contributed by atoms with Gasteiger partial charge >= 0.3 is 0 Å². The van der Waals surface area contributed by atoms with E-state index in [0.29, 0.717) is 6.42 Å². The standard InChI is InChI=1S/C16H15NO2/c17-11-10-14(18)12-13-6-8-16(9-7-13)19-15-4-2-1-3-5-15/h1-9,14,18H,10,12H2/t14-/m1/s1. The zero-order chi connectivity index (χ0) is 13.5. The lowest BCUT2D eigenvalue weighted by Crippen LogP contribution is -2.08. The van der Waals surface area contributed by atoms with E-state index in [4.69, 9.17) is 10.00 Å². The van der Waals surface area contributed by atoms with Crippen molar-refractivity contribution in [2.24, 2.45) is 0 Å². The molecule has 19 heavy (non-hydrogen) atoms. The Morgan fingerprint density at radius 2 is 1.63 bits per heavy atom. The van der Waals surface area contributed by atoms with E-state index in [0.717, 1.165) is 17.1 Å². The molecule has 0 amide bonds. The molecule has 0 heterocycles. The molecule has 2 rings (SSSR count). The summed E-state index contributed by atoms with van der Waals surface area (Å²) in [7, 11) is 0. The van der Waals surface area contributed by atoms with Gasteiger partial charge in [-0.2, -0.15) is 5.26 Å².